The summed E-state index contributed by atoms with van der Waals surface area (Å²) in [6.45, 7) is 2.64. The van der Waals surface area contributed by atoms with Crippen LogP contribution in [0.15, 0.2) is 53.5 Å². The first-order valence-corrected chi connectivity index (χ1v) is 6.72. The van der Waals surface area contributed by atoms with Gasteiger partial charge in [0.1, 0.15) is 5.84 Å². The van der Waals surface area contributed by atoms with E-state index >= 15 is 0 Å². The summed E-state index contributed by atoms with van der Waals surface area (Å²) in [6.07, 6.45) is 0. The molecule has 102 valence electrons. The predicted molar refractivity (Wildman–Crippen MR) is 83.5 cm³/mol. The zero-order valence-electron chi connectivity index (χ0n) is 11.3. The number of anilines is 2. The maximum atomic E-state index is 5.73. The third kappa shape index (κ3) is 2.59. The highest BCUT2D eigenvalue weighted by atomic mass is 15.2. The molecule has 0 aromatic heterocycles. The standard InChI is InChI=1S/C16H18N4/c17-14-5-1-12(2-6-14)11-20-10-9-19-16(20)13-3-7-15(18)8-4-13/h1-8H,9-11,17-18H2. The van der Waals surface area contributed by atoms with Crippen LogP contribution in [0.4, 0.5) is 11.4 Å². The first-order valence-electron chi connectivity index (χ1n) is 6.72. The number of hydrogen-bond acceptors (Lipinski definition) is 4. The monoisotopic (exact) mass is 266 g/mol. The minimum Gasteiger partial charge on any atom is -0.399 e. The van der Waals surface area contributed by atoms with Crippen LogP contribution in [0.1, 0.15) is 11.1 Å². The number of nitrogens with two attached hydrogens (primary N) is 2. The Bertz CT molecular complexity index is 614. The van der Waals surface area contributed by atoms with Gasteiger partial charge in [-0.3, -0.25) is 4.99 Å². The van der Waals surface area contributed by atoms with E-state index < -0.39 is 0 Å². The normalized spacial score (nSPS) is 14.4. The van der Waals surface area contributed by atoms with E-state index in [1.807, 2.05) is 36.4 Å². The summed E-state index contributed by atoms with van der Waals surface area (Å²) in [6, 6.07) is 15.9. The van der Waals surface area contributed by atoms with Gasteiger partial charge >= 0.3 is 0 Å². The van der Waals surface area contributed by atoms with Crippen molar-refractivity contribution >= 4 is 17.2 Å². The lowest BCUT2D eigenvalue weighted by Gasteiger charge is -2.20. The van der Waals surface area contributed by atoms with Gasteiger partial charge in [-0.15, -0.1) is 0 Å². The topological polar surface area (TPSA) is 67.6 Å². The van der Waals surface area contributed by atoms with Gasteiger partial charge in [-0.1, -0.05) is 12.1 Å². The molecule has 0 saturated heterocycles. The molecule has 4 N–H and O–H groups in total. The van der Waals surface area contributed by atoms with Crippen LogP contribution >= 0.6 is 0 Å². The van der Waals surface area contributed by atoms with E-state index in [4.69, 9.17) is 11.5 Å². The Morgan fingerprint density at radius 1 is 0.900 bits per heavy atom. The van der Waals surface area contributed by atoms with Gasteiger partial charge in [0.05, 0.1) is 6.54 Å². The highest BCUT2D eigenvalue weighted by Crippen LogP contribution is 2.17. The molecule has 4 heteroatoms. The van der Waals surface area contributed by atoms with Crippen molar-refractivity contribution in [2.24, 2.45) is 4.99 Å². The zero-order chi connectivity index (χ0) is 13.9. The summed E-state index contributed by atoms with van der Waals surface area (Å²) in [5.41, 5.74) is 15.4. The van der Waals surface area contributed by atoms with Crippen LogP contribution in [0, 0.1) is 0 Å². The fourth-order valence-corrected chi connectivity index (χ4v) is 2.39. The predicted octanol–water partition coefficient (Wildman–Crippen LogP) is 2.11. The minimum atomic E-state index is 0.775. The number of nitrogens with zero attached hydrogens (tertiary/aromatic N) is 2. The molecule has 20 heavy (non-hydrogen) atoms. The smallest absolute Gasteiger partial charge is 0.131 e. The molecule has 2 aromatic carbocycles. The molecule has 1 heterocycles. The molecule has 4 nitrogen and oxygen atoms in total. The Labute approximate surface area is 118 Å². The summed E-state index contributed by atoms with van der Waals surface area (Å²) in [4.78, 5) is 6.90. The number of hydrogen-bond donors (Lipinski definition) is 2. The van der Waals surface area contributed by atoms with Crippen LogP contribution in [0.5, 0.6) is 0 Å². The fourth-order valence-electron chi connectivity index (χ4n) is 2.39. The van der Waals surface area contributed by atoms with Crippen molar-refractivity contribution in [1.82, 2.24) is 4.90 Å². The number of aliphatic imine (C=N–C) groups is 1. The van der Waals surface area contributed by atoms with Gasteiger partial charge in [0, 0.05) is 30.0 Å². The van der Waals surface area contributed by atoms with Crippen molar-refractivity contribution in [3.05, 3.63) is 59.7 Å². The van der Waals surface area contributed by atoms with Crippen LogP contribution in [-0.4, -0.2) is 23.8 Å². The maximum absolute atomic E-state index is 5.73. The van der Waals surface area contributed by atoms with Crippen LogP contribution in [0.25, 0.3) is 0 Å². The zero-order valence-corrected chi connectivity index (χ0v) is 11.3. The maximum Gasteiger partial charge on any atom is 0.131 e. The number of benzene rings is 2. The van der Waals surface area contributed by atoms with Crippen LogP contribution in [-0.2, 0) is 6.54 Å². The molecule has 0 amide bonds. The first-order chi connectivity index (χ1) is 9.72. The van der Waals surface area contributed by atoms with E-state index in [2.05, 4.69) is 22.0 Å². The van der Waals surface area contributed by atoms with E-state index in [1.54, 1.807) is 0 Å². The van der Waals surface area contributed by atoms with Crippen molar-refractivity contribution in [1.29, 1.82) is 0 Å². The van der Waals surface area contributed by atoms with Gasteiger partial charge in [-0.25, -0.2) is 0 Å². The summed E-state index contributed by atoms with van der Waals surface area (Å²) in [5.74, 6) is 1.04. The van der Waals surface area contributed by atoms with Crippen molar-refractivity contribution in [3.8, 4) is 0 Å². The van der Waals surface area contributed by atoms with Gasteiger partial charge in [-0.2, -0.15) is 0 Å². The molecule has 3 rings (SSSR count). The molecule has 1 aliphatic rings. The third-order valence-electron chi connectivity index (χ3n) is 3.45. The van der Waals surface area contributed by atoms with Crippen molar-refractivity contribution in [2.45, 2.75) is 6.54 Å². The molecule has 0 aliphatic carbocycles. The quantitative estimate of drug-likeness (QED) is 0.836. The van der Waals surface area contributed by atoms with Crippen LogP contribution < -0.4 is 11.5 Å². The average molecular weight is 266 g/mol. The van der Waals surface area contributed by atoms with Gasteiger partial charge in [0.2, 0.25) is 0 Å². The van der Waals surface area contributed by atoms with E-state index in [-0.39, 0.29) is 0 Å². The average Bonchev–Trinajstić information content (AvgIpc) is 2.90. The van der Waals surface area contributed by atoms with Gasteiger partial charge < -0.3 is 16.4 Å². The summed E-state index contributed by atoms with van der Waals surface area (Å²) >= 11 is 0. The van der Waals surface area contributed by atoms with Crippen LogP contribution in [0.2, 0.25) is 0 Å². The van der Waals surface area contributed by atoms with E-state index in [1.165, 1.54) is 5.56 Å². The highest BCUT2D eigenvalue weighted by Gasteiger charge is 2.18. The lowest BCUT2D eigenvalue weighted by Crippen LogP contribution is -2.27. The summed E-state index contributed by atoms with van der Waals surface area (Å²) < 4.78 is 0. The Hall–Kier alpha value is -2.49. The Balaban J connectivity index is 1.78. The lowest BCUT2D eigenvalue weighted by molar-refractivity contribution is 0.453. The van der Waals surface area contributed by atoms with E-state index in [9.17, 15) is 0 Å². The number of amidine groups is 1. The second-order valence-corrected chi connectivity index (χ2v) is 4.99. The second kappa shape index (κ2) is 5.25. The number of nitrogen functional groups attached to an aromatic ring is 2. The largest absolute Gasteiger partial charge is 0.399 e. The van der Waals surface area contributed by atoms with Gasteiger partial charge in [0.25, 0.3) is 0 Å². The van der Waals surface area contributed by atoms with Gasteiger partial charge in [-0.05, 0) is 42.0 Å². The fraction of sp³-hybridized carbons (Fsp3) is 0.188. The molecular weight excluding hydrogens is 248 g/mol. The molecule has 0 fully saturated rings. The highest BCUT2D eigenvalue weighted by molar-refractivity contribution is 5.99. The molecule has 1 aliphatic heterocycles. The van der Waals surface area contributed by atoms with Crippen molar-refractivity contribution in [3.63, 3.8) is 0 Å². The molecule has 0 radical (unpaired) electrons. The molecule has 0 spiro atoms. The Morgan fingerprint density at radius 3 is 2.15 bits per heavy atom. The lowest BCUT2D eigenvalue weighted by atomic mass is 10.1. The molecule has 0 unspecified atom stereocenters. The van der Waals surface area contributed by atoms with Crippen molar-refractivity contribution < 1.29 is 0 Å². The minimum absolute atomic E-state index is 0.775. The molecular formula is C16H18N4. The van der Waals surface area contributed by atoms with Gasteiger partial charge in [0.15, 0.2) is 0 Å². The third-order valence-corrected chi connectivity index (χ3v) is 3.45. The summed E-state index contributed by atoms with van der Waals surface area (Å²) in [5, 5.41) is 0. The van der Waals surface area contributed by atoms with Crippen molar-refractivity contribution in [2.75, 3.05) is 24.6 Å². The Kier molecular flexibility index (Phi) is 3.29. The molecule has 0 bridgehead atoms. The SMILES string of the molecule is Nc1ccc(CN2CCN=C2c2ccc(N)cc2)cc1. The van der Waals surface area contributed by atoms with E-state index in [0.717, 1.165) is 42.4 Å². The molecule has 2 aromatic rings. The molecule has 0 atom stereocenters. The summed E-state index contributed by atoms with van der Waals surface area (Å²) in [7, 11) is 0. The number of rotatable bonds is 3. The van der Waals surface area contributed by atoms with Crippen LogP contribution in [0.3, 0.4) is 0 Å². The second-order valence-electron chi connectivity index (χ2n) is 4.99. The molecule has 0 saturated carbocycles. The first kappa shape index (κ1) is 12.5. The Morgan fingerprint density at radius 2 is 1.50 bits per heavy atom. The van der Waals surface area contributed by atoms with E-state index in [0.29, 0.717) is 0 Å².